The van der Waals surface area contributed by atoms with E-state index in [0.717, 1.165) is 18.9 Å². The first-order valence-electron chi connectivity index (χ1n) is 6.32. The summed E-state index contributed by atoms with van der Waals surface area (Å²) in [7, 11) is 0. The fourth-order valence-electron chi connectivity index (χ4n) is 1.33. The summed E-state index contributed by atoms with van der Waals surface area (Å²) in [5.74, 6) is 0.136. The lowest BCUT2D eigenvalue weighted by Crippen LogP contribution is -2.10. The van der Waals surface area contributed by atoms with Crippen LogP contribution in [0.5, 0.6) is 0 Å². The molecule has 0 aromatic carbocycles. The summed E-state index contributed by atoms with van der Waals surface area (Å²) >= 11 is 0. The van der Waals surface area contributed by atoms with Crippen LogP contribution in [0, 0.1) is 0 Å². The monoisotopic (exact) mass is 262 g/mol. The SMILES string of the molecule is CC.CC.Nc1ccc(C(F)(F)F)nc1C1CC1. The molecule has 0 aliphatic heterocycles. The zero-order chi connectivity index (χ0) is 14.3. The maximum atomic E-state index is 12.3. The summed E-state index contributed by atoms with van der Waals surface area (Å²) in [6, 6.07) is 2.20. The van der Waals surface area contributed by atoms with Gasteiger partial charge in [0.2, 0.25) is 0 Å². The molecule has 1 aromatic heterocycles. The van der Waals surface area contributed by atoms with Gasteiger partial charge in [-0.3, -0.25) is 0 Å². The zero-order valence-electron chi connectivity index (χ0n) is 11.3. The highest BCUT2D eigenvalue weighted by molar-refractivity contribution is 5.47. The number of hydrogen-bond acceptors (Lipinski definition) is 2. The Labute approximate surface area is 106 Å². The van der Waals surface area contributed by atoms with Crippen LogP contribution in [0.2, 0.25) is 0 Å². The van der Waals surface area contributed by atoms with Gasteiger partial charge in [0.1, 0.15) is 5.69 Å². The molecule has 2 rings (SSSR count). The second-order valence-electron chi connectivity index (χ2n) is 3.44. The van der Waals surface area contributed by atoms with E-state index in [2.05, 4.69) is 4.98 Å². The molecule has 0 radical (unpaired) electrons. The number of aromatic nitrogens is 1. The van der Waals surface area contributed by atoms with Crippen molar-refractivity contribution in [2.45, 2.75) is 52.6 Å². The maximum absolute atomic E-state index is 12.3. The Bertz CT molecular complexity index is 358. The third kappa shape index (κ3) is 4.55. The number of nitrogens with two attached hydrogens (primary N) is 1. The average molecular weight is 262 g/mol. The molecule has 1 heterocycles. The molecule has 1 fully saturated rings. The molecular formula is C13H21F3N2. The second kappa shape index (κ2) is 7.24. The molecule has 2 N–H and O–H groups in total. The molecule has 1 aliphatic carbocycles. The lowest BCUT2D eigenvalue weighted by molar-refractivity contribution is -0.141. The van der Waals surface area contributed by atoms with Crippen LogP contribution in [0.4, 0.5) is 18.9 Å². The van der Waals surface area contributed by atoms with Crippen molar-refractivity contribution < 1.29 is 13.2 Å². The van der Waals surface area contributed by atoms with E-state index >= 15 is 0 Å². The molecule has 1 saturated carbocycles. The van der Waals surface area contributed by atoms with E-state index in [1.807, 2.05) is 27.7 Å². The van der Waals surface area contributed by atoms with E-state index in [0.29, 0.717) is 11.4 Å². The van der Waals surface area contributed by atoms with Crippen LogP contribution in [0.1, 0.15) is 57.8 Å². The number of alkyl halides is 3. The predicted octanol–water partition coefficient (Wildman–Crippen LogP) is 4.61. The number of rotatable bonds is 1. The van der Waals surface area contributed by atoms with Gasteiger partial charge in [-0.25, -0.2) is 4.98 Å². The number of nitrogens with zero attached hydrogens (tertiary/aromatic N) is 1. The lowest BCUT2D eigenvalue weighted by atomic mass is 10.2. The van der Waals surface area contributed by atoms with Crippen molar-refractivity contribution >= 4 is 5.69 Å². The van der Waals surface area contributed by atoms with Crippen LogP contribution in [0.25, 0.3) is 0 Å². The molecule has 0 unspecified atom stereocenters. The summed E-state index contributed by atoms with van der Waals surface area (Å²) in [5, 5.41) is 0. The Balaban J connectivity index is 0.000000659. The van der Waals surface area contributed by atoms with Crippen LogP contribution in [0.3, 0.4) is 0 Å². The van der Waals surface area contributed by atoms with Gasteiger partial charge in [0.25, 0.3) is 0 Å². The largest absolute Gasteiger partial charge is 0.433 e. The standard InChI is InChI=1S/C9H9F3N2.2C2H6/c10-9(11,12)7-4-3-6(13)8(14-7)5-1-2-5;2*1-2/h3-5H,1-2,13H2;2*1-2H3. The molecule has 1 aromatic rings. The number of anilines is 1. The Hall–Kier alpha value is -1.26. The van der Waals surface area contributed by atoms with Crippen LogP contribution < -0.4 is 5.73 Å². The minimum Gasteiger partial charge on any atom is -0.397 e. The van der Waals surface area contributed by atoms with Gasteiger partial charge in [-0.15, -0.1) is 0 Å². The van der Waals surface area contributed by atoms with E-state index in [4.69, 9.17) is 5.73 Å². The Morgan fingerprint density at radius 2 is 1.61 bits per heavy atom. The first-order valence-corrected chi connectivity index (χ1v) is 6.32. The van der Waals surface area contributed by atoms with Gasteiger partial charge in [-0.05, 0) is 25.0 Å². The molecule has 0 spiro atoms. The van der Waals surface area contributed by atoms with E-state index in [-0.39, 0.29) is 5.92 Å². The van der Waals surface area contributed by atoms with Gasteiger partial charge in [-0.1, -0.05) is 27.7 Å². The fourth-order valence-corrected chi connectivity index (χ4v) is 1.33. The number of hydrogen-bond donors (Lipinski definition) is 1. The number of pyridine rings is 1. The minimum atomic E-state index is -4.38. The molecule has 0 amide bonds. The van der Waals surface area contributed by atoms with Crippen molar-refractivity contribution in [3.05, 3.63) is 23.5 Å². The summed E-state index contributed by atoms with van der Waals surface area (Å²) < 4.78 is 36.8. The van der Waals surface area contributed by atoms with Crippen LogP contribution in [-0.4, -0.2) is 4.98 Å². The molecule has 18 heavy (non-hydrogen) atoms. The predicted molar refractivity (Wildman–Crippen MR) is 68.3 cm³/mol. The maximum Gasteiger partial charge on any atom is 0.433 e. The molecular weight excluding hydrogens is 241 g/mol. The number of halogens is 3. The van der Waals surface area contributed by atoms with Gasteiger partial charge in [0.15, 0.2) is 0 Å². The zero-order valence-corrected chi connectivity index (χ0v) is 11.3. The highest BCUT2D eigenvalue weighted by Gasteiger charge is 2.35. The Morgan fingerprint density at radius 1 is 1.11 bits per heavy atom. The van der Waals surface area contributed by atoms with Crippen molar-refractivity contribution in [1.82, 2.24) is 4.98 Å². The normalized spacial score (nSPS) is 13.9. The molecule has 5 heteroatoms. The molecule has 0 bridgehead atoms. The van der Waals surface area contributed by atoms with Crippen molar-refractivity contribution in [2.24, 2.45) is 0 Å². The first kappa shape index (κ1) is 16.7. The summed E-state index contributed by atoms with van der Waals surface area (Å²) in [5.41, 5.74) is 5.45. The molecule has 0 atom stereocenters. The van der Waals surface area contributed by atoms with Crippen molar-refractivity contribution in [2.75, 3.05) is 5.73 Å². The van der Waals surface area contributed by atoms with E-state index in [1.54, 1.807) is 0 Å². The second-order valence-corrected chi connectivity index (χ2v) is 3.44. The number of nitrogen functional groups attached to an aromatic ring is 1. The van der Waals surface area contributed by atoms with Gasteiger partial charge >= 0.3 is 6.18 Å². The smallest absolute Gasteiger partial charge is 0.397 e. The van der Waals surface area contributed by atoms with E-state index in [9.17, 15) is 13.2 Å². The fraction of sp³-hybridized carbons (Fsp3) is 0.615. The Morgan fingerprint density at radius 3 is 2.00 bits per heavy atom. The van der Waals surface area contributed by atoms with Crippen molar-refractivity contribution in [1.29, 1.82) is 0 Å². The van der Waals surface area contributed by atoms with Gasteiger partial charge in [0.05, 0.1) is 11.4 Å². The van der Waals surface area contributed by atoms with Gasteiger partial charge < -0.3 is 5.73 Å². The van der Waals surface area contributed by atoms with Crippen molar-refractivity contribution in [3.8, 4) is 0 Å². The average Bonchev–Trinajstić information content (AvgIpc) is 3.17. The highest BCUT2D eigenvalue weighted by atomic mass is 19.4. The lowest BCUT2D eigenvalue weighted by Gasteiger charge is -2.09. The summed E-state index contributed by atoms with van der Waals surface area (Å²) in [6.45, 7) is 8.00. The third-order valence-electron chi connectivity index (χ3n) is 2.21. The van der Waals surface area contributed by atoms with E-state index < -0.39 is 11.9 Å². The quantitative estimate of drug-likeness (QED) is 0.802. The van der Waals surface area contributed by atoms with Crippen molar-refractivity contribution in [3.63, 3.8) is 0 Å². The summed E-state index contributed by atoms with van der Waals surface area (Å²) in [4.78, 5) is 3.56. The third-order valence-corrected chi connectivity index (χ3v) is 2.21. The topological polar surface area (TPSA) is 38.9 Å². The molecule has 0 saturated heterocycles. The Kier molecular flexibility index (Phi) is 6.73. The van der Waals surface area contributed by atoms with Gasteiger partial charge in [0, 0.05) is 5.92 Å². The molecule has 2 nitrogen and oxygen atoms in total. The highest BCUT2D eigenvalue weighted by Crippen LogP contribution is 2.42. The van der Waals surface area contributed by atoms with Gasteiger partial charge in [-0.2, -0.15) is 13.2 Å². The molecule has 104 valence electrons. The van der Waals surface area contributed by atoms with Crippen LogP contribution >= 0.6 is 0 Å². The van der Waals surface area contributed by atoms with Crippen LogP contribution in [-0.2, 0) is 6.18 Å². The summed E-state index contributed by atoms with van der Waals surface area (Å²) in [6.07, 6.45) is -2.60. The van der Waals surface area contributed by atoms with E-state index in [1.165, 1.54) is 6.07 Å². The molecule has 1 aliphatic rings. The minimum absolute atomic E-state index is 0.136. The first-order chi connectivity index (χ1) is 8.48. The van der Waals surface area contributed by atoms with Crippen LogP contribution in [0.15, 0.2) is 12.1 Å².